The molecule has 1 aromatic rings. The number of amides is 1. The standard InChI is InChI=1S/C12H19N3O4S/c1-9-8-19-5-4-15(9)12(16)11-6-10(7-14(11)3)20(17,18)13-2/h6-7,9,13H,4-5,8H2,1-3H3. The van der Waals surface area contributed by atoms with Gasteiger partial charge in [0.15, 0.2) is 0 Å². The minimum atomic E-state index is -3.54. The van der Waals surface area contributed by atoms with Gasteiger partial charge in [-0.05, 0) is 20.0 Å². The molecule has 1 unspecified atom stereocenters. The molecule has 1 fully saturated rings. The van der Waals surface area contributed by atoms with E-state index in [1.165, 1.54) is 23.9 Å². The lowest BCUT2D eigenvalue weighted by atomic mass is 10.2. The summed E-state index contributed by atoms with van der Waals surface area (Å²) < 4.78 is 32.6. The second-order valence-corrected chi connectivity index (χ2v) is 6.69. The Hall–Kier alpha value is -1.38. The van der Waals surface area contributed by atoms with E-state index >= 15 is 0 Å². The van der Waals surface area contributed by atoms with Crippen molar-refractivity contribution < 1.29 is 17.9 Å². The lowest BCUT2D eigenvalue weighted by Crippen LogP contribution is -2.47. The lowest BCUT2D eigenvalue weighted by molar-refractivity contribution is 0.00308. The van der Waals surface area contributed by atoms with Crippen LogP contribution in [0.1, 0.15) is 17.4 Å². The molecule has 1 aliphatic rings. The number of sulfonamides is 1. The first-order valence-electron chi connectivity index (χ1n) is 6.35. The third-order valence-electron chi connectivity index (χ3n) is 3.41. The van der Waals surface area contributed by atoms with Crippen molar-refractivity contribution >= 4 is 15.9 Å². The number of ether oxygens (including phenoxy) is 1. The summed E-state index contributed by atoms with van der Waals surface area (Å²) in [5, 5.41) is 0. The van der Waals surface area contributed by atoms with Crippen molar-refractivity contribution in [1.29, 1.82) is 0 Å². The summed E-state index contributed by atoms with van der Waals surface area (Å²) in [6, 6.07) is 1.38. The summed E-state index contributed by atoms with van der Waals surface area (Å²) in [5.41, 5.74) is 0.354. The van der Waals surface area contributed by atoms with Gasteiger partial charge in [-0.1, -0.05) is 0 Å². The first kappa shape index (κ1) is 15.0. The number of nitrogens with one attached hydrogen (secondary N) is 1. The molecule has 1 aromatic heterocycles. The van der Waals surface area contributed by atoms with Gasteiger partial charge in [0.1, 0.15) is 10.6 Å². The van der Waals surface area contributed by atoms with Crippen molar-refractivity contribution in [3.05, 3.63) is 18.0 Å². The van der Waals surface area contributed by atoms with E-state index in [0.717, 1.165) is 0 Å². The second-order valence-electron chi connectivity index (χ2n) is 4.80. The number of hydrogen-bond donors (Lipinski definition) is 1. The molecule has 1 aliphatic heterocycles. The summed E-state index contributed by atoms with van der Waals surface area (Å²) in [7, 11) is -0.543. The van der Waals surface area contributed by atoms with Crippen LogP contribution in [0.5, 0.6) is 0 Å². The fourth-order valence-corrected chi connectivity index (χ4v) is 2.99. The van der Waals surface area contributed by atoms with Gasteiger partial charge in [0.05, 0.1) is 19.3 Å². The molecule has 7 nitrogen and oxygen atoms in total. The van der Waals surface area contributed by atoms with E-state index in [-0.39, 0.29) is 16.8 Å². The monoisotopic (exact) mass is 301 g/mol. The number of aryl methyl sites for hydroxylation is 1. The van der Waals surface area contributed by atoms with Crippen LogP contribution in [-0.2, 0) is 21.8 Å². The Morgan fingerprint density at radius 1 is 1.50 bits per heavy atom. The molecule has 8 heteroatoms. The van der Waals surface area contributed by atoms with Crippen molar-refractivity contribution in [3.63, 3.8) is 0 Å². The SMILES string of the molecule is CNS(=O)(=O)c1cc(C(=O)N2CCOCC2C)n(C)c1. The van der Waals surface area contributed by atoms with Crippen molar-refractivity contribution in [2.75, 3.05) is 26.8 Å². The largest absolute Gasteiger partial charge is 0.377 e. The maximum Gasteiger partial charge on any atom is 0.270 e. The first-order valence-corrected chi connectivity index (χ1v) is 7.83. The Kier molecular flexibility index (Phi) is 4.17. The molecule has 2 heterocycles. The second kappa shape index (κ2) is 5.55. The molecular formula is C12H19N3O4S. The Morgan fingerprint density at radius 3 is 2.80 bits per heavy atom. The zero-order valence-electron chi connectivity index (χ0n) is 11.8. The summed E-state index contributed by atoms with van der Waals surface area (Å²) in [6.45, 7) is 3.42. The van der Waals surface area contributed by atoms with E-state index in [1.54, 1.807) is 11.9 Å². The molecule has 0 radical (unpaired) electrons. The van der Waals surface area contributed by atoms with E-state index in [4.69, 9.17) is 4.74 Å². The summed E-state index contributed by atoms with van der Waals surface area (Å²) >= 11 is 0. The van der Waals surface area contributed by atoms with Crippen molar-refractivity contribution in [2.24, 2.45) is 7.05 Å². The lowest BCUT2D eigenvalue weighted by Gasteiger charge is -2.33. The maximum absolute atomic E-state index is 12.5. The molecule has 0 saturated carbocycles. The first-order chi connectivity index (χ1) is 9.36. The molecule has 1 N–H and O–H groups in total. The number of aromatic nitrogens is 1. The van der Waals surface area contributed by atoms with E-state index < -0.39 is 10.0 Å². The van der Waals surface area contributed by atoms with Gasteiger partial charge in [0.2, 0.25) is 10.0 Å². The van der Waals surface area contributed by atoms with Crippen LogP contribution in [0.2, 0.25) is 0 Å². The van der Waals surface area contributed by atoms with E-state index in [0.29, 0.717) is 25.5 Å². The zero-order valence-corrected chi connectivity index (χ0v) is 12.6. The predicted molar refractivity (Wildman–Crippen MR) is 73.0 cm³/mol. The summed E-state index contributed by atoms with van der Waals surface area (Å²) in [4.78, 5) is 14.3. The highest BCUT2D eigenvalue weighted by Gasteiger charge is 2.28. The Morgan fingerprint density at radius 2 is 2.20 bits per heavy atom. The zero-order chi connectivity index (χ0) is 14.9. The van der Waals surface area contributed by atoms with Crippen LogP contribution in [0.4, 0.5) is 0 Å². The van der Waals surface area contributed by atoms with E-state index in [9.17, 15) is 13.2 Å². The van der Waals surface area contributed by atoms with E-state index in [1.807, 2.05) is 6.92 Å². The normalized spacial score (nSPS) is 20.1. The van der Waals surface area contributed by atoms with Gasteiger partial charge in [-0.25, -0.2) is 13.1 Å². The molecule has 0 aromatic carbocycles. The molecule has 2 rings (SSSR count). The molecule has 20 heavy (non-hydrogen) atoms. The Bertz CT molecular complexity index is 608. The smallest absolute Gasteiger partial charge is 0.270 e. The third kappa shape index (κ3) is 2.72. The van der Waals surface area contributed by atoms with Gasteiger partial charge in [-0.15, -0.1) is 0 Å². The fourth-order valence-electron chi connectivity index (χ4n) is 2.19. The third-order valence-corrected chi connectivity index (χ3v) is 4.79. The van der Waals surface area contributed by atoms with Crippen molar-refractivity contribution in [2.45, 2.75) is 17.9 Å². The van der Waals surface area contributed by atoms with Gasteiger partial charge < -0.3 is 14.2 Å². The topological polar surface area (TPSA) is 80.6 Å². The number of rotatable bonds is 3. The highest BCUT2D eigenvalue weighted by atomic mass is 32.2. The Balaban J connectivity index is 2.31. The molecule has 1 atom stereocenters. The van der Waals surface area contributed by atoms with Crippen molar-refractivity contribution in [1.82, 2.24) is 14.2 Å². The number of morpholine rings is 1. The minimum Gasteiger partial charge on any atom is -0.377 e. The highest BCUT2D eigenvalue weighted by molar-refractivity contribution is 7.89. The summed E-state index contributed by atoms with van der Waals surface area (Å²) in [6.07, 6.45) is 1.43. The van der Waals surface area contributed by atoms with Crippen LogP contribution in [0.15, 0.2) is 17.2 Å². The van der Waals surface area contributed by atoms with Crippen LogP contribution in [0, 0.1) is 0 Å². The van der Waals surface area contributed by atoms with E-state index in [2.05, 4.69) is 4.72 Å². The van der Waals surface area contributed by atoms with Gasteiger partial charge in [0, 0.05) is 19.8 Å². The molecule has 1 amide bonds. The number of carbonyl (C=O) groups is 1. The van der Waals surface area contributed by atoms with Crippen LogP contribution in [0.3, 0.4) is 0 Å². The average molecular weight is 301 g/mol. The van der Waals surface area contributed by atoms with Gasteiger partial charge in [-0.3, -0.25) is 4.79 Å². The fraction of sp³-hybridized carbons (Fsp3) is 0.583. The van der Waals surface area contributed by atoms with Crippen molar-refractivity contribution in [3.8, 4) is 0 Å². The highest BCUT2D eigenvalue weighted by Crippen LogP contribution is 2.17. The van der Waals surface area contributed by atoms with Gasteiger partial charge in [-0.2, -0.15) is 0 Å². The van der Waals surface area contributed by atoms with Crippen LogP contribution < -0.4 is 4.72 Å². The molecule has 1 saturated heterocycles. The number of carbonyl (C=O) groups excluding carboxylic acids is 1. The molecular weight excluding hydrogens is 282 g/mol. The minimum absolute atomic E-state index is 0.0180. The maximum atomic E-state index is 12.5. The number of nitrogens with zero attached hydrogens (tertiary/aromatic N) is 2. The molecule has 0 bridgehead atoms. The predicted octanol–water partition coefficient (Wildman–Crippen LogP) is -0.206. The average Bonchev–Trinajstić information content (AvgIpc) is 2.81. The molecule has 112 valence electrons. The summed E-state index contributed by atoms with van der Waals surface area (Å²) in [5.74, 6) is -0.180. The Labute approximate surface area is 118 Å². The van der Waals surface area contributed by atoms with Crippen LogP contribution in [-0.4, -0.2) is 56.6 Å². The quantitative estimate of drug-likeness (QED) is 0.838. The number of hydrogen-bond acceptors (Lipinski definition) is 4. The van der Waals surface area contributed by atoms with Gasteiger partial charge >= 0.3 is 0 Å². The molecule has 0 aliphatic carbocycles. The van der Waals surface area contributed by atoms with Gasteiger partial charge in [0.25, 0.3) is 5.91 Å². The molecule has 0 spiro atoms. The van der Waals surface area contributed by atoms with Crippen LogP contribution in [0.25, 0.3) is 0 Å². The van der Waals surface area contributed by atoms with Crippen LogP contribution >= 0.6 is 0 Å².